The molecule has 4 aliphatic heterocycles. The molecule has 22 heteroatoms. The topological polar surface area (TPSA) is 171 Å². The van der Waals surface area contributed by atoms with Crippen molar-refractivity contribution in [2.45, 2.75) is 172 Å². The minimum Gasteiger partial charge on any atom is -0.379 e. The molecule has 0 aromatic carbocycles. The van der Waals surface area contributed by atoms with Gasteiger partial charge in [-0.3, -0.25) is 29.1 Å². The predicted octanol–water partition coefficient (Wildman–Crippen LogP) is 7.69. The number of hydrogen-bond acceptors (Lipinski definition) is 15. The van der Waals surface area contributed by atoms with Crippen LogP contribution >= 0.6 is 0 Å². The number of ketones is 1. The largest absolute Gasteiger partial charge is 0.417 e. The van der Waals surface area contributed by atoms with Crippen molar-refractivity contribution in [3.8, 4) is 0 Å². The number of nitrogens with zero attached hydrogens (tertiary/aromatic N) is 5. The number of amides is 1. The molecule has 2 aromatic rings. The molecule has 6 heterocycles. The third-order valence-electron chi connectivity index (χ3n) is 16.9. The van der Waals surface area contributed by atoms with Gasteiger partial charge in [0.05, 0.1) is 84.3 Å². The molecule has 0 radical (unpaired) electrons. The minimum atomic E-state index is -4.60. The lowest BCUT2D eigenvalue weighted by molar-refractivity contribution is -0.246. The summed E-state index contributed by atoms with van der Waals surface area (Å²) in [6, 6.07) is -0.530. The van der Waals surface area contributed by atoms with Crippen molar-refractivity contribution in [3.05, 3.63) is 52.6 Å². The van der Waals surface area contributed by atoms with Gasteiger partial charge in [-0.25, -0.2) is 0 Å². The maximum Gasteiger partial charge on any atom is 0.417 e. The molecule has 6 aliphatic rings. The zero-order valence-corrected chi connectivity index (χ0v) is 43.0. The number of fused-ring (bicyclic) bond motifs is 2. The molecular weight excluding hydrogens is 983 g/mol. The molecular formula is C52H70F6N6O10. The number of alkyl halides is 6. The summed E-state index contributed by atoms with van der Waals surface area (Å²) >= 11 is 0. The molecule has 1 unspecified atom stereocenters. The molecule has 4 fully saturated rings. The molecule has 74 heavy (non-hydrogen) atoms. The van der Waals surface area contributed by atoms with Gasteiger partial charge in [0.25, 0.3) is 0 Å². The number of carbonyl (C=O) groups is 4. The first-order valence-electron chi connectivity index (χ1n) is 26.0. The maximum atomic E-state index is 14.7. The number of pyridine rings is 2. The van der Waals surface area contributed by atoms with Crippen LogP contribution < -0.4 is 5.32 Å². The normalized spacial score (nSPS) is 29.6. The van der Waals surface area contributed by atoms with E-state index in [4.69, 9.17) is 28.6 Å². The first-order chi connectivity index (χ1) is 35.1. The fraction of sp³-hybridized carbons (Fsp3) is 0.731. The van der Waals surface area contributed by atoms with Crippen LogP contribution in [0, 0.1) is 22.7 Å². The van der Waals surface area contributed by atoms with Crippen LogP contribution in [-0.4, -0.2) is 138 Å². The van der Waals surface area contributed by atoms with Crippen LogP contribution in [0.4, 0.5) is 32.0 Å². The second-order valence-electron chi connectivity index (χ2n) is 21.6. The number of rotatable bonds is 16. The Balaban J connectivity index is 0.958. The number of methoxy groups -OCH3 is 2. The van der Waals surface area contributed by atoms with Crippen LogP contribution in [0.5, 0.6) is 0 Å². The Morgan fingerprint density at radius 2 is 1.24 bits per heavy atom. The van der Waals surface area contributed by atoms with Gasteiger partial charge in [-0.05, 0) is 93.7 Å². The average Bonchev–Trinajstić information content (AvgIpc) is 4.05. The summed E-state index contributed by atoms with van der Waals surface area (Å²) in [6.07, 6.45) is -5.06. The van der Waals surface area contributed by atoms with Crippen LogP contribution in [0.2, 0.25) is 0 Å². The van der Waals surface area contributed by atoms with Crippen molar-refractivity contribution in [3.63, 3.8) is 0 Å². The number of nitrogens with one attached hydrogen (secondary N) is 1. The van der Waals surface area contributed by atoms with E-state index >= 15 is 0 Å². The number of hydrogen-bond donors (Lipinski definition) is 1. The number of hydroxylamine groups is 4. The highest BCUT2D eigenvalue weighted by atomic mass is 19.4. The van der Waals surface area contributed by atoms with E-state index in [0.29, 0.717) is 107 Å². The summed E-state index contributed by atoms with van der Waals surface area (Å²) in [5.74, 6) is -2.10. The molecule has 2 aliphatic carbocycles. The molecule has 16 nitrogen and oxygen atoms in total. The van der Waals surface area contributed by atoms with Crippen LogP contribution in [0.25, 0.3) is 0 Å². The second kappa shape index (κ2) is 22.6. The van der Waals surface area contributed by atoms with Gasteiger partial charge in [-0.2, -0.15) is 26.3 Å². The van der Waals surface area contributed by atoms with E-state index in [2.05, 4.69) is 15.3 Å². The number of halogens is 6. The van der Waals surface area contributed by atoms with Crippen LogP contribution in [0.15, 0.2) is 24.5 Å². The minimum absolute atomic E-state index is 0.0105. The molecule has 1 N–H and O–H groups in total. The van der Waals surface area contributed by atoms with Gasteiger partial charge < -0.3 is 38.8 Å². The van der Waals surface area contributed by atoms with Crippen molar-refractivity contribution >= 4 is 29.3 Å². The number of ether oxygens (including phenoxy) is 4. The van der Waals surface area contributed by atoms with Gasteiger partial charge in [0.1, 0.15) is 0 Å². The monoisotopic (exact) mass is 1050 g/mol. The Morgan fingerprint density at radius 3 is 1.77 bits per heavy atom. The molecule has 1 amide bonds. The zero-order valence-electron chi connectivity index (χ0n) is 43.0. The predicted molar refractivity (Wildman–Crippen MR) is 253 cm³/mol. The molecule has 410 valence electrons. The molecule has 0 spiro atoms. The summed E-state index contributed by atoms with van der Waals surface area (Å²) in [5, 5.41) is 6.33. The van der Waals surface area contributed by atoms with Gasteiger partial charge in [0.2, 0.25) is 5.91 Å². The Labute approximate surface area is 427 Å². The summed E-state index contributed by atoms with van der Waals surface area (Å²) in [4.78, 5) is 79.7. The molecule has 2 saturated heterocycles. The van der Waals surface area contributed by atoms with Gasteiger partial charge >= 0.3 is 24.3 Å². The molecule has 9 atom stereocenters. The molecule has 8 rings (SSSR count). The summed E-state index contributed by atoms with van der Waals surface area (Å²) in [6.45, 7) is 9.24. The number of aromatic nitrogens is 2. The summed E-state index contributed by atoms with van der Waals surface area (Å²) in [5.41, 5.74) is -2.09. The van der Waals surface area contributed by atoms with E-state index in [1.807, 2.05) is 27.7 Å². The van der Waals surface area contributed by atoms with E-state index in [1.165, 1.54) is 14.2 Å². The van der Waals surface area contributed by atoms with Crippen molar-refractivity contribution in [1.29, 1.82) is 0 Å². The lowest BCUT2D eigenvalue weighted by atomic mass is 9.69. The van der Waals surface area contributed by atoms with E-state index in [9.17, 15) is 45.5 Å². The average molecular weight is 1050 g/mol. The van der Waals surface area contributed by atoms with Gasteiger partial charge in [0, 0.05) is 82.5 Å². The van der Waals surface area contributed by atoms with Gasteiger partial charge in [0.15, 0.2) is 5.78 Å². The number of carbonyl (C=O) groups excluding carboxylic acids is 4. The first kappa shape index (κ1) is 55.7. The fourth-order valence-corrected chi connectivity index (χ4v) is 12.4. The zero-order chi connectivity index (χ0) is 53.3. The summed E-state index contributed by atoms with van der Waals surface area (Å²) < 4.78 is 105. The molecule has 2 aromatic heterocycles. The molecule has 2 saturated carbocycles. The smallest absolute Gasteiger partial charge is 0.379 e. The highest BCUT2D eigenvalue weighted by Gasteiger charge is 2.55. The SMILES string of the molecule is CO[C@H]1COCC[C@H]1N(OC(=O)CCC(=O)ON([C@@H]1CC[C@@](C(=O)N2CCc3ncc(C(F)(F)F)cc3C2)(C(C)C)C1)[C@@H]1CCOC[C@@H]1OC)[C@@H]1CC[C@@](C(=O)C2CCc3ncc(C(F)(F)F)cc3N2)(C(C)C)C1. The highest BCUT2D eigenvalue weighted by Crippen LogP contribution is 2.51. The van der Waals surface area contributed by atoms with Crippen LogP contribution in [0.1, 0.15) is 126 Å². The Morgan fingerprint density at radius 1 is 0.730 bits per heavy atom. The van der Waals surface area contributed by atoms with Crippen molar-refractivity contribution in [1.82, 2.24) is 25.0 Å². The Hall–Kier alpha value is -4.48. The number of anilines is 1. The van der Waals surface area contributed by atoms with Crippen molar-refractivity contribution < 1.29 is 74.1 Å². The van der Waals surface area contributed by atoms with Crippen LogP contribution in [-0.2, 0) is 79.5 Å². The number of Topliss-reactive ketones (excluding diaryl/α,β-unsaturated/α-hetero) is 1. The first-order valence-corrected chi connectivity index (χ1v) is 26.0. The lowest BCUT2D eigenvalue weighted by Gasteiger charge is -2.42. The van der Waals surface area contributed by atoms with Gasteiger partial charge in [-0.15, -0.1) is 10.1 Å². The van der Waals surface area contributed by atoms with E-state index in [1.54, 1.807) is 15.0 Å². The maximum absolute atomic E-state index is 14.7. The Bertz CT molecular complexity index is 2200. The molecule has 0 bridgehead atoms. The summed E-state index contributed by atoms with van der Waals surface area (Å²) in [7, 11) is 3.07. The van der Waals surface area contributed by atoms with E-state index in [0.717, 1.165) is 24.5 Å². The quantitative estimate of drug-likeness (QED) is 0.128. The van der Waals surface area contributed by atoms with Crippen molar-refractivity contribution in [2.75, 3.05) is 52.5 Å². The third-order valence-corrected chi connectivity index (χ3v) is 16.9. The lowest BCUT2D eigenvalue weighted by Crippen LogP contribution is -2.55. The fourth-order valence-electron chi connectivity index (χ4n) is 12.4. The highest BCUT2D eigenvalue weighted by molar-refractivity contribution is 5.93. The third kappa shape index (κ3) is 11.6. The standard InChI is InChI=1S/C52H70F6N6O10/c1-30(2)49(47(67)39-8-7-38-40(61-39)22-34(26-60-38)52(56,57)58)16-11-35(23-49)63(41-14-19-71-28-43(41)69-5)73-45(65)9-10-46(66)74-64(42-15-20-72-29-44(42)70-6)36-12-17-50(24-36,31(3)4)48(68)62-18-13-37-32(27-62)21-33(25-59-37)51(53,54)55/h21-22,25-26,30-31,35-36,39,41-44,61H,7-20,23-24,27-29H2,1-6H3/t35-,36-,39?,41-,42-,43+,44+,49+,50+/m1/s1. The Kier molecular flexibility index (Phi) is 17.0. The van der Waals surface area contributed by atoms with Gasteiger partial charge in [-0.1, -0.05) is 27.7 Å². The van der Waals surface area contributed by atoms with E-state index < -0.39 is 88.7 Å². The van der Waals surface area contributed by atoms with E-state index in [-0.39, 0.29) is 61.8 Å². The van der Waals surface area contributed by atoms with Crippen LogP contribution in [0.3, 0.4) is 0 Å². The number of aryl methyl sites for hydroxylation is 1. The second-order valence-corrected chi connectivity index (χ2v) is 21.6. The van der Waals surface area contributed by atoms with Crippen molar-refractivity contribution in [2.24, 2.45) is 22.7 Å².